The van der Waals surface area contributed by atoms with Crippen LogP contribution in [0.15, 0.2) is 0 Å². The smallest absolute Gasteiger partial charge is 0.261 e. The first kappa shape index (κ1) is 6.01. The summed E-state index contributed by atoms with van der Waals surface area (Å²) in [5.41, 5.74) is 0. The monoisotopic (exact) mass is 116 g/mol. The van der Waals surface area contributed by atoms with Crippen molar-refractivity contribution in [2.24, 2.45) is 5.84 Å². The van der Waals surface area contributed by atoms with E-state index >= 15 is 0 Å². The number of nitrogens with two attached hydrogens (primary N) is 1. The van der Waals surface area contributed by atoms with Gasteiger partial charge < -0.3 is 0 Å². The molecule has 0 saturated carbocycles. The van der Waals surface area contributed by atoms with Crippen molar-refractivity contribution in [1.82, 2.24) is 5.20 Å². The van der Waals surface area contributed by atoms with Crippen molar-refractivity contribution in [3.05, 3.63) is 0 Å². The fraction of sp³-hybridized carbons (Fsp3) is 0. The molecule has 0 fully saturated rings. The molecule has 0 aromatic rings. The lowest BCUT2D eigenvalue weighted by Gasteiger charge is -1.87. The predicted molar refractivity (Wildman–Crippen MR) is 17.1 cm³/mol. The van der Waals surface area contributed by atoms with Crippen molar-refractivity contribution in [2.45, 2.75) is 0 Å². The molecule has 0 aromatic heterocycles. The first-order valence-electron chi connectivity index (χ1n) is 1.03. The molecule has 0 aliphatic rings. The lowest BCUT2D eigenvalue weighted by Crippen LogP contribution is -2.13. The Morgan fingerprint density at radius 1 is 1.67 bits per heavy atom. The molecule has 0 heterocycles. The molecule has 3 nitrogen and oxygen atoms in total. The third kappa shape index (κ3) is 4.01. The molecule has 0 bridgehead atoms. The van der Waals surface area contributed by atoms with Gasteiger partial charge in [0, 0.05) is 0 Å². The van der Waals surface area contributed by atoms with Gasteiger partial charge in [-0.05, 0) is 0 Å². The third-order valence-corrected chi connectivity index (χ3v) is 0.451. The zero-order valence-corrected chi connectivity index (χ0v) is 3.58. The first-order valence-corrected chi connectivity index (χ1v) is 2.52. The van der Waals surface area contributed by atoms with Crippen molar-refractivity contribution in [1.29, 1.82) is 0 Å². The van der Waals surface area contributed by atoms with Gasteiger partial charge in [0.2, 0.25) is 0 Å². The Kier molecular flexibility index (Phi) is 1.64. The van der Waals surface area contributed by atoms with E-state index in [0.717, 1.165) is 5.20 Å². The van der Waals surface area contributed by atoms with Gasteiger partial charge in [0.25, 0.3) is 0 Å². The van der Waals surface area contributed by atoms with Crippen LogP contribution >= 0.6 is 7.91 Å². The summed E-state index contributed by atoms with van der Waals surface area (Å²) >= 11 is 0. The van der Waals surface area contributed by atoms with Gasteiger partial charge in [-0.15, -0.1) is 8.39 Å². The van der Waals surface area contributed by atoms with Gasteiger partial charge in [-0.3, -0.25) is 5.84 Å². The fourth-order valence-corrected chi connectivity index (χ4v) is 0. The average molecular weight is 116 g/mol. The molecule has 0 aliphatic carbocycles. The van der Waals surface area contributed by atoms with Crippen LogP contribution < -0.4 is 11.0 Å². The van der Waals surface area contributed by atoms with Gasteiger partial charge >= 0.3 is 7.91 Å². The summed E-state index contributed by atoms with van der Waals surface area (Å²) in [6, 6.07) is 0. The van der Waals surface area contributed by atoms with Crippen molar-refractivity contribution in [3.8, 4) is 0 Å². The van der Waals surface area contributed by atoms with Crippen LogP contribution in [0.25, 0.3) is 0 Å². The SMILES string of the molecule is NNP(=O)(F)F. The van der Waals surface area contributed by atoms with Crippen LogP contribution in [0, 0.1) is 0 Å². The van der Waals surface area contributed by atoms with E-state index in [1.54, 1.807) is 0 Å². The van der Waals surface area contributed by atoms with E-state index in [9.17, 15) is 8.39 Å². The van der Waals surface area contributed by atoms with Crippen LogP contribution in [0.5, 0.6) is 0 Å². The number of hydrogen-bond donors (Lipinski definition) is 2. The molecule has 0 rings (SSSR count). The van der Waals surface area contributed by atoms with Crippen LogP contribution in [-0.2, 0) is 4.57 Å². The zero-order chi connectivity index (χ0) is 5.21. The second kappa shape index (κ2) is 1.64. The lowest BCUT2D eigenvalue weighted by atomic mass is 13.0. The van der Waals surface area contributed by atoms with Crippen molar-refractivity contribution >= 4 is 7.91 Å². The number of halogens is 2. The molecular formula is H3F2N2OP. The van der Waals surface area contributed by atoms with E-state index in [0.29, 0.717) is 0 Å². The first-order chi connectivity index (χ1) is 2.56. The predicted octanol–water partition coefficient (Wildman–Crippen LogP) is 0.497. The van der Waals surface area contributed by atoms with Crippen molar-refractivity contribution in [3.63, 3.8) is 0 Å². The highest BCUT2D eigenvalue weighted by Crippen LogP contribution is 2.42. The molecule has 0 saturated heterocycles. The number of rotatable bonds is 1. The number of nitrogens with one attached hydrogen (secondary N) is 1. The molecule has 6 heteroatoms. The molecule has 38 valence electrons. The quantitative estimate of drug-likeness (QED) is 0.298. The van der Waals surface area contributed by atoms with Gasteiger partial charge in [-0.25, -0.2) is 4.57 Å². The van der Waals surface area contributed by atoms with E-state index < -0.39 is 7.91 Å². The van der Waals surface area contributed by atoms with Crippen molar-refractivity contribution in [2.75, 3.05) is 0 Å². The Bertz CT molecular complexity index is 75.6. The van der Waals surface area contributed by atoms with Gasteiger partial charge in [0.15, 0.2) is 0 Å². The topological polar surface area (TPSA) is 55.1 Å². The average Bonchev–Trinajstić information content (AvgIpc) is 1.35. The maximum atomic E-state index is 10.8. The number of hydrazine groups is 1. The molecule has 0 amide bonds. The maximum Gasteiger partial charge on any atom is 0.493 e. The Morgan fingerprint density at radius 3 is 1.83 bits per heavy atom. The molecule has 3 N–H and O–H groups in total. The van der Waals surface area contributed by atoms with Crippen LogP contribution in [0.4, 0.5) is 8.39 Å². The molecule has 0 atom stereocenters. The van der Waals surface area contributed by atoms with Gasteiger partial charge in [-0.1, -0.05) is 0 Å². The normalized spacial score (nSPS) is 11.8. The fourth-order valence-electron chi connectivity index (χ4n) is 0. The summed E-state index contributed by atoms with van der Waals surface area (Å²) in [7, 11) is -5.12. The summed E-state index contributed by atoms with van der Waals surface area (Å²) in [5, 5.41) is 0.826. The summed E-state index contributed by atoms with van der Waals surface area (Å²) in [6.45, 7) is 0. The van der Waals surface area contributed by atoms with E-state index in [-0.39, 0.29) is 0 Å². The summed E-state index contributed by atoms with van der Waals surface area (Å²) in [5.74, 6) is 4.04. The minimum absolute atomic E-state index is 0.826. The Balaban J connectivity index is 3.48. The van der Waals surface area contributed by atoms with Crippen molar-refractivity contribution < 1.29 is 13.0 Å². The van der Waals surface area contributed by atoms with E-state index in [2.05, 4.69) is 5.84 Å². The molecule has 0 spiro atoms. The van der Waals surface area contributed by atoms with Crippen LogP contribution in [0.3, 0.4) is 0 Å². The molecule has 0 radical (unpaired) electrons. The minimum atomic E-state index is -5.12. The lowest BCUT2D eigenvalue weighted by molar-refractivity contribution is 0.479. The molecule has 0 aromatic carbocycles. The largest absolute Gasteiger partial charge is 0.493 e. The summed E-state index contributed by atoms with van der Waals surface area (Å²) in [6.07, 6.45) is 0. The Morgan fingerprint density at radius 2 is 1.83 bits per heavy atom. The highest BCUT2D eigenvalue weighted by molar-refractivity contribution is 7.50. The van der Waals surface area contributed by atoms with E-state index in [1.165, 1.54) is 0 Å². The van der Waals surface area contributed by atoms with E-state index in [1.807, 2.05) is 0 Å². The summed E-state index contributed by atoms with van der Waals surface area (Å²) < 4.78 is 30.6. The van der Waals surface area contributed by atoms with Gasteiger partial charge in [0.05, 0.1) is 0 Å². The van der Waals surface area contributed by atoms with Crippen LogP contribution in [0.1, 0.15) is 0 Å². The summed E-state index contributed by atoms with van der Waals surface area (Å²) in [4.78, 5) is 0. The molecule has 0 aliphatic heterocycles. The van der Waals surface area contributed by atoms with E-state index in [4.69, 9.17) is 4.57 Å². The molecule has 6 heavy (non-hydrogen) atoms. The highest BCUT2D eigenvalue weighted by Gasteiger charge is 2.13. The Labute approximate surface area is 33.2 Å². The standard InChI is InChI=1S/F2H3N2OP/c1-6(2,5)4-3/h3H2,(H,4,5). The second-order valence-corrected chi connectivity index (χ2v) is 1.77. The second-order valence-electron chi connectivity index (χ2n) is 0.591. The Hall–Kier alpha value is 0.01000. The maximum absolute atomic E-state index is 10.8. The highest BCUT2D eigenvalue weighted by atomic mass is 31.2. The van der Waals surface area contributed by atoms with Gasteiger partial charge in [-0.2, -0.15) is 5.20 Å². The molecular weight excluding hydrogens is 113 g/mol. The third-order valence-electron chi connectivity index (χ3n) is 0.150. The van der Waals surface area contributed by atoms with Crippen LogP contribution in [-0.4, -0.2) is 0 Å². The van der Waals surface area contributed by atoms with Gasteiger partial charge in [0.1, 0.15) is 0 Å². The molecule has 0 unspecified atom stereocenters. The zero-order valence-electron chi connectivity index (χ0n) is 2.69. The number of hydrogen-bond acceptors (Lipinski definition) is 2. The van der Waals surface area contributed by atoms with Crippen LogP contribution in [0.2, 0.25) is 0 Å². The minimum Gasteiger partial charge on any atom is -0.261 e.